The van der Waals surface area contributed by atoms with Gasteiger partial charge in [-0.3, -0.25) is 4.79 Å². The van der Waals surface area contributed by atoms with E-state index >= 15 is 0 Å². The molecule has 0 atom stereocenters. The molecule has 6 nitrogen and oxygen atoms in total. The van der Waals surface area contributed by atoms with Gasteiger partial charge in [-0.25, -0.2) is 0 Å². The van der Waals surface area contributed by atoms with E-state index in [2.05, 4.69) is 10.6 Å². The normalized spacial score (nSPS) is 10.4. The van der Waals surface area contributed by atoms with Crippen LogP contribution in [0.4, 0.5) is 5.69 Å². The van der Waals surface area contributed by atoms with Gasteiger partial charge in [0.25, 0.3) is 5.91 Å². The summed E-state index contributed by atoms with van der Waals surface area (Å²) in [6, 6.07) is 16.4. The van der Waals surface area contributed by atoms with E-state index in [1.165, 1.54) is 0 Å². The third-order valence-corrected chi connectivity index (χ3v) is 4.20. The molecule has 3 rings (SSSR count). The first-order valence-electron chi connectivity index (χ1n) is 8.57. The SMILES string of the molecule is COc1cc(NCCNC(=O)c2cc3ccccc3cc2O)cc(OC)c1. The molecule has 0 radical (unpaired) electrons. The number of phenolic OH excluding ortho intramolecular Hbond substituents is 1. The quantitative estimate of drug-likeness (QED) is 0.559. The van der Waals surface area contributed by atoms with Crippen molar-refractivity contribution in [1.82, 2.24) is 5.32 Å². The van der Waals surface area contributed by atoms with Gasteiger partial charge in [-0.05, 0) is 22.9 Å². The lowest BCUT2D eigenvalue weighted by molar-refractivity contribution is 0.0952. The van der Waals surface area contributed by atoms with Gasteiger partial charge >= 0.3 is 0 Å². The van der Waals surface area contributed by atoms with Crippen LogP contribution >= 0.6 is 0 Å². The second kappa shape index (κ2) is 8.31. The van der Waals surface area contributed by atoms with Gasteiger partial charge in [-0.2, -0.15) is 0 Å². The summed E-state index contributed by atoms with van der Waals surface area (Å²) in [5.74, 6) is 1.02. The standard InChI is InChI=1S/C21H22N2O4/c1-26-17-11-16(12-18(13-17)27-2)22-7-8-23-21(25)19-9-14-5-3-4-6-15(14)10-20(19)24/h3-6,9-13,22,24H,7-8H2,1-2H3,(H,23,25). The molecule has 0 heterocycles. The summed E-state index contributed by atoms with van der Waals surface area (Å²) in [5, 5.41) is 17.9. The summed E-state index contributed by atoms with van der Waals surface area (Å²) in [7, 11) is 3.18. The highest BCUT2D eigenvalue weighted by atomic mass is 16.5. The van der Waals surface area contributed by atoms with E-state index in [9.17, 15) is 9.90 Å². The molecule has 3 aromatic carbocycles. The van der Waals surface area contributed by atoms with Crippen molar-refractivity contribution in [1.29, 1.82) is 0 Å². The van der Waals surface area contributed by atoms with Gasteiger partial charge in [0, 0.05) is 37.0 Å². The van der Waals surface area contributed by atoms with Crippen LogP contribution in [0.2, 0.25) is 0 Å². The molecule has 0 aliphatic rings. The fraction of sp³-hybridized carbons (Fsp3) is 0.190. The molecule has 0 aromatic heterocycles. The number of methoxy groups -OCH3 is 2. The maximum absolute atomic E-state index is 12.4. The Labute approximate surface area is 157 Å². The Morgan fingerprint density at radius 3 is 2.19 bits per heavy atom. The highest BCUT2D eigenvalue weighted by molar-refractivity contribution is 6.01. The number of hydrogen-bond donors (Lipinski definition) is 3. The number of fused-ring (bicyclic) bond motifs is 1. The first kappa shape index (κ1) is 18.4. The number of carbonyl (C=O) groups is 1. The second-order valence-electron chi connectivity index (χ2n) is 6.00. The average molecular weight is 366 g/mol. The first-order valence-corrected chi connectivity index (χ1v) is 8.57. The van der Waals surface area contributed by atoms with E-state index in [0.29, 0.717) is 24.6 Å². The van der Waals surface area contributed by atoms with Crippen molar-refractivity contribution in [3.05, 3.63) is 60.2 Å². The molecule has 0 unspecified atom stereocenters. The maximum atomic E-state index is 12.4. The summed E-state index contributed by atoms with van der Waals surface area (Å²) in [6.45, 7) is 0.904. The largest absolute Gasteiger partial charge is 0.507 e. The summed E-state index contributed by atoms with van der Waals surface area (Å²) in [4.78, 5) is 12.4. The van der Waals surface area contributed by atoms with Crippen molar-refractivity contribution >= 4 is 22.4 Å². The van der Waals surface area contributed by atoms with Crippen LogP contribution in [0.15, 0.2) is 54.6 Å². The number of hydrogen-bond acceptors (Lipinski definition) is 5. The first-order chi connectivity index (χ1) is 13.1. The lowest BCUT2D eigenvalue weighted by atomic mass is 10.1. The molecule has 0 saturated heterocycles. The van der Waals surface area contributed by atoms with Crippen molar-refractivity contribution in [2.24, 2.45) is 0 Å². The number of rotatable bonds is 7. The number of aromatic hydroxyl groups is 1. The average Bonchev–Trinajstić information content (AvgIpc) is 2.70. The van der Waals surface area contributed by atoms with Gasteiger partial charge in [0.1, 0.15) is 17.2 Å². The van der Waals surface area contributed by atoms with Crippen LogP contribution in [0.5, 0.6) is 17.2 Å². The molecular formula is C21H22N2O4. The third-order valence-electron chi connectivity index (χ3n) is 4.20. The van der Waals surface area contributed by atoms with Crippen LogP contribution in [0.3, 0.4) is 0 Å². The highest BCUT2D eigenvalue weighted by Crippen LogP contribution is 2.26. The Balaban J connectivity index is 1.59. The second-order valence-corrected chi connectivity index (χ2v) is 6.00. The van der Waals surface area contributed by atoms with E-state index in [4.69, 9.17) is 9.47 Å². The molecule has 0 fully saturated rings. The summed E-state index contributed by atoms with van der Waals surface area (Å²) in [6.07, 6.45) is 0. The molecule has 0 saturated carbocycles. The Morgan fingerprint density at radius 2 is 1.56 bits per heavy atom. The number of ether oxygens (including phenoxy) is 2. The van der Waals surface area contributed by atoms with Gasteiger partial charge in [0.15, 0.2) is 0 Å². The summed E-state index contributed by atoms with van der Waals surface area (Å²) >= 11 is 0. The van der Waals surface area contributed by atoms with Crippen LogP contribution in [0, 0.1) is 0 Å². The van der Waals surface area contributed by atoms with Crippen molar-refractivity contribution in [2.75, 3.05) is 32.6 Å². The molecule has 6 heteroatoms. The summed E-state index contributed by atoms with van der Waals surface area (Å²) < 4.78 is 10.5. The topological polar surface area (TPSA) is 79.8 Å². The lowest BCUT2D eigenvalue weighted by Crippen LogP contribution is -2.28. The van der Waals surface area contributed by atoms with Gasteiger partial charge in [0.05, 0.1) is 19.8 Å². The van der Waals surface area contributed by atoms with Gasteiger partial charge in [-0.15, -0.1) is 0 Å². The Kier molecular flexibility index (Phi) is 5.66. The minimum atomic E-state index is -0.316. The van der Waals surface area contributed by atoms with Crippen LogP contribution < -0.4 is 20.1 Å². The molecule has 0 bridgehead atoms. The highest BCUT2D eigenvalue weighted by Gasteiger charge is 2.12. The van der Waals surface area contributed by atoms with Gasteiger partial charge in [-0.1, -0.05) is 24.3 Å². The summed E-state index contributed by atoms with van der Waals surface area (Å²) in [5.41, 5.74) is 1.09. The zero-order valence-corrected chi connectivity index (χ0v) is 15.3. The van der Waals surface area contributed by atoms with Crippen molar-refractivity contribution in [3.63, 3.8) is 0 Å². The minimum absolute atomic E-state index is 0.0308. The molecule has 27 heavy (non-hydrogen) atoms. The fourth-order valence-corrected chi connectivity index (χ4v) is 2.80. The molecular weight excluding hydrogens is 344 g/mol. The zero-order chi connectivity index (χ0) is 19.2. The van der Waals surface area contributed by atoms with Crippen molar-refractivity contribution < 1.29 is 19.4 Å². The molecule has 3 aromatic rings. The smallest absolute Gasteiger partial charge is 0.255 e. The predicted octanol–water partition coefficient (Wildman–Crippen LogP) is 3.40. The molecule has 0 spiro atoms. The Bertz CT molecular complexity index is 934. The lowest BCUT2D eigenvalue weighted by Gasteiger charge is -2.12. The maximum Gasteiger partial charge on any atom is 0.255 e. The van der Waals surface area contributed by atoms with Crippen LogP contribution in [-0.2, 0) is 0 Å². The predicted molar refractivity (Wildman–Crippen MR) is 106 cm³/mol. The number of carbonyl (C=O) groups excluding carboxylic acids is 1. The molecule has 140 valence electrons. The van der Waals surface area contributed by atoms with E-state index < -0.39 is 0 Å². The molecule has 1 amide bonds. The van der Waals surface area contributed by atoms with Crippen LogP contribution in [-0.4, -0.2) is 38.3 Å². The van der Waals surface area contributed by atoms with Gasteiger partial charge in [0.2, 0.25) is 0 Å². The zero-order valence-electron chi connectivity index (χ0n) is 15.3. The number of benzene rings is 3. The van der Waals surface area contributed by atoms with E-state index in [-0.39, 0.29) is 17.2 Å². The van der Waals surface area contributed by atoms with Crippen LogP contribution in [0.1, 0.15) is 10.4 Å². The number of nitrogens with one attached hydrogen (secondary N) is 2. The number of phenols is 1. The van der Waals surface area contributed by atoms with E-state index in [0.717, 1.165) is 16.5 Å². The van der Waals surface area contributed by atoms with Crippen molar-refractivity contribution in [3.8, 4) is 17.2 Å². The Hall–Kier alpha value is -3.41. The number of anilines is 1. The van der Waals surface area contributed by atoms with Crippen molar-refractivity contribution in [2.45, 2.75) is 0 Å². The third kappa shape index (κ3) is 4.41. The monoisotopic (exact) mass is 366 g/mol. The number of amides is 1. The molecule has 3 N–H and O–H groups in total. The van der Waals surface area contributed by atoms with Gasteiger partial charge < -0.3 is 25.2 Å². The Morgan fingerprint density at radius 1 is 0.926 bits per heavy atom. The minimum Gasteiger partial charge on any atom is -0.507 e. The molecule has 0 aliphatic heterocycles. The van der Waals surface area contributed by atoms with E-state index in [1.807, 2.05) is 36.4 Å². The molecule has 0 aliphatic carbocycles. The van der Waals surface area contributed by atoms with E-state index in [1.54, 1.807) is 32.4 Å². The van der Waals surface area contributed by atoms with Crippen LogP contribution in [0.25, 0.3) is 10.8 Å². The fourth-order valence-electron chi connectivity index (χ4n) is 2.80.